The number of piperazine rings is 1. The Balaban J connectivity index is 1.48. The lowest BCUT2D eigenvalue weighted by molar-refractivity contribution is -0.121. The predicted octanol–water partition coefficient (Wildman–Crippen LogP) is 1.16. The lowest BCUT2D eigenvalue weighted by Gasteiger charge is -2.40. The number of morpholine rings is 1. The second-order valence-electron chi connectivity index (χ2n) is 6.73. The average molecular weight is 382 g/mol. The number of ether oxygens (including phenoxy) is 1. The van der Waals surface area contributed by atoms with Crippen LogP contribution < -0.4 is 5.32 Å². The SMILES string of the molecule is Cc1nc(NC(=O)C(C)N2CCN(C(=O)N3CCOCC3)CC2)sc1C. The molecule has 0 saturated carbocycles. The molecule has 0 aliphatic carbocycles. The van der Waals surface area contributed by atoms with Crippen molar-refractivity contribution in [2.24, 2.45) is 0 Å². The third-order valence-corrected chi connectivity index (χ3v) is 6.04. The summed E-state index contributed by atoms with van der Waals surface area (Å²) in [6.45, 7) is 11.1. The molecule has 1 aromatic heterocycles. The first-order valence-corrected chi connectivity index (χ1v) is 9.88. The minimum atomic E-state index is -0.250. The fourth-order valence-electron chi connectivity index (χ4n) is 3.16. The zero-order valence-corrected chi connectivity index (χ0v) is 16.5. The average Bonchev–Trinajstić information content (AvgIpc) is 2.98. The molecule has 8 nitrogen and oxygen atoms in total. The van der Waals surface area contributed by atoms with Crippen LogP contribution in [-0.4, -0.2) is 90.1 Å². The second-order valence-corrected chi connectivity index (χ2v) is 7.93. The van der Waals surface area contributed by atoms with Crippen LogP contribution >= 0.6 is 11.3 Å². The lowest BCUT2D eigenvalue weighted by Crippen LogP contribution is -2.57. The van der Waals surface area contributed by atoms with Crippen molar-refractivity contribution >= 4 is 28.4 Å². The minimum Gasteiger partial charge on any atom is -0.378 e. The molecular weight excluding hydrogens is 354 g/mol. The van der Waals surface area contributed by atoms with Crippen molar-refractivity contribution in [1.82, 2.24) is 19.7 Å². The number of hydrogen-bond donors (Lipinski definition) is 1. The largest absolute Gasteiger partial charge is 0.378 e. The van der Waals surface area contributed by atoms with E-state index < -0.39 is 0 Å². The molecule has 0 bridgehead atoms. The van der Waals surface area contributed by atoms with Crippen LogP contribution in [0.15, 0.2) is 0 Å². The van der Waals surface area contributed by atoms with E-state index >= 15 is 0 Å². The number of carbonyl (C=O) groups is 2. The summed E-state index contributed by atoms with van der Waals surface area (Å²) in [4.78, 5) is 36.4. The number of amides is 3. The zero-order chi connectivity index (χ0) is 18.7. The number of carbonyl (C=O) groups excluding carboxylic acids is 2. The molecule has 144 valence electrons. The van der Waals surface area contributed by atoms with Crippen LogP contribution in [-0.2, 0) is 9.53 Å². The molecule has 2 fully saturated rings. The van der Waals surface area contributed by atoms with E-state index in [0.29, 0.717) is 57.6 Å². The molecule has 2 aliphatic heterocycles. The molecule has 3 amide bonds. The van der Waals surface area contributed by atoms with Gasteiger partial charge >= 0.3 is 6.03 Å². The van der Waals surface area contributed by atoms with Gasteiger partial charge in [0, 0.05) is 44.1 Å². The van der Waals surface area contributed by atoms with Gasteiger partial charge in [0.25, 0.3) is 0 Å². The first-order chi connectivity index (χ1) is 12.5. The van der Waals surface area contributed by atoms with E-state index in [2.05, 4.69) is 15.2 Å². The van der Waals surface area contributed by atoms with Crippen molar-refractivity contribution in [3.63, 3.8) is 0 Å². The van der Waals surface area contributed by atoms with E-state index in [4.69, 9.17) is 4.74 Å². The van der Waals surface area contributed by atoms with Crippen LogP contribution in [0.25, 0.3) is 0 Å². The Labute approximate surface area is 158 Å². The standard InChI is InChI=1S/C17H27N5O3S/c1-12-14(3)26-16(18-12)19-15(23)13(2)20-4-6-21(7-5-20)17(24)22-8-10-25-11-9-22/h13H,4-11H2,1-3H3,(H,18,19,23). The molecule has 0 radical (unpaired) electrons. The number of nitrogens with zero attached hydrogens (tertiary/aromatic N) is 4. The van der Waals surface area contributed by atoms with Gasteiger partial charge in [0.05, 0.1) is 24.9 Å². The highest BCUT2D eigenvalue weighted by molar-refractivity contribution is 7.15. The van der Waals surface area contributed by atoms with Crippen LogP contribution in [0, 0.1) is 13.8 Å². The summed E-state index contributed by atoms with van der Waals surface area (Å²) in [7, 11) is 0. The van der Waals surface area contributed by atoms with Crippen LogP contribution in [0.1, 0.15) is 17.5 Å². The van der Waals surface area contributed by atoms with Crippen LogP contribution in [0.2, 0.25) is 0 Å². The number of aryl methyl sites for hydroxylation is 2. The molecule has 0 aromatic carbocycles. The predicted molar refractivity (Wildman–Crippen MR) is 101 cm³/mol. The summed E-state index contributed by atoms with van der Waals surface area (Å²) in [5, 5.41) is 3.56. The maximum absolute atomic E-state index is 12.5. The molecule has 3 rings (SSSR count). The molecule has 0 spiro atoms. The van der Waals surface area contributed by atoms with Gasteiger partial charge in [-0.15, -0.1) is 11.3 Å². The van der Waals surface area contributed by atoms with E-state index in [0.717, 1.165) is 10.6 Å². The van der Waals surface area contributed by atoms with E-state index in [1.54, 1.807) is 0 Å². The highest BCUT2D eigenvalue weighted by Gasteiger charge is 2.30. The fourth-order valence-corrected chi connectivity index (χ4v) is 3.97. The van der Waals surface area contributed by atoms with Gasteiger partial charge < -0.3 is 19.9 Å². The van der Waals surface area contributed by atoms with Gasteiger partial charge in [-0.2, -0.15) is 0 Å². The number of thiazole rings is 1. The third-order valence-electron chi connectivity index (χ3n) is 5.05. The first kappa shape index (κ1) is 19.1. The van der Waals surface area contributed by atoms with E-state index in [1.807, 2.05) is 30.6 Å². The van der Waals surface area contributed by atoms with Crippen molar-refractivity contribution < 1.29 is 14.3 Å². The maximum Gasteiger partial charge on any atom is 0.320 e. The molecule has 26 heavy (non-hydrogen) atoms. The van der Waals surface area contributed by atoms with Gasteiger partial charge in [-0.3, -0.25) is 9.69 Å². The Kier molecular flexibility index (Phi) is 6.10. The molecule has 1 N–H and O–H groups in total. The summed E-state index contributed by atoms with van der Waals surface area (Å²) in [6, 6.07) is -0.168. The Morgan fingerprint density at radius 2 is 1.69 bits per heavy atom. The monoisotopic (exact) mass is 381 g/mol. The molecule has 1 aromatic rings. The van der Waals surface area contributed by atoms with Gasteiger partial charge in [-0.25, -0.2) is 9.78 Å². The molecule has 3 heterocycles. The topological polar surface area (TPSA) is 78.0 Å². The number of rotatable bonds is 3. The number of urea groups is 1. The van der Waals surface area contributed by atoms with Crippen LogP contribution in [0.3, 0.4) is 0 Å². The highest BCUT2D eigenvalue weighted by Crippen LogP contribution is 2.21. The van der Waals surface area contributed by atoms with Crippen molar-refractivity contribution in [2.75, 3.05) is 57.8 Å². The Morgan fingerprint density at radius 3 is 2.27 bits per heavy atom. The molecule has 1 unspecified atom stereocenters. The van der Waals surface area contributed by atoms with E-state index in [-0.39, 0.29) is 18.0 Å². The van der Waals surface area contributed by atoms with Crippen LogP contribution in [0.5, 0.6) is 0 Å². The lowest BCUT2D eigenvalue weighted by atomic mass is 10.2. The van der Waals surface area contributed by atoms with Crippen molar-refractivity contribution in [2.45, 2.75) is 26.8 Å². The smallest absolute Gasteiger partial charge is 0.320 e. The number of aromatic nitrogens is 1. The summed E-state index contributed by atoms with van der Waals surface area (Å²) in [5.74, 6) is -0.0493. The highest BCUT2D eigenvalue weighted by atomic mass is 32.1. The summed E-state index contributed by atoms with van der Waals surface area (Å²) < 4.78 is 5.30. The van der Waals surface area contributed by atoms with E-state index in [1.165, 1.54) is 11.3 Å². The van der Waals surface area contributed by atoms with Crippen molar-refractivity contribution in [1.29, 1.82) is 0 Å². The number of nitrogens with one attached hydrogen (secondary N) is 1. The van der Waals surface area contributed by atoms with Gasteiger partial charge in [0.1, 0.15) is 0 Å². The Bertz CT molecular complexity index is 631. The molecule has 2 aliphatic rings. The maximum atomic E-state index is 12.5. The van der Waals surface area contributed by atoms with Gasteiger partial charge in [0.2, 0.25) is 5.91 Å². The van der Waals surface area contributed by atoms with E-state index in [9.17, 15) is 9.59 Å². The van der Waals surface area contributed by atoms with Gasteiger partial charge in [-0.05, 0) is 20.8 Å². The van der Waals surface area contributed by atoms with Crippen molar-refractivity contribution in [3.05, 3.63) is 10.6 Å². The third kappa shape index (κ3) is 4.33. The first-order valence-electron chi connectivity index (χ1n) is 9.06. The zero-order valence-electron chi connectivity index (χ0n) is 15.7. The number of hydrogen-bond acceptors (Lipinski definition) is 6. The summed E-state index contributed by atoms with van der Waals surface area (Å²) in [5.41, 5.74) is 0.952. The van der Waals surface area contributed by atoms with Crippen LogP contribution in [0.4, 0.5) is 9.93 Å². The quantitative estimate of drug-likeness (QED) is 0.850. The second kappa shape index (κ2) is 8.32. The normalized spacial score (nSPS) is 20.1. The fraction of sp³-hybridized carbons (Fsp3) is 0.706. The molecule has 9 heteroatoms. The molecule has 2 saturated heterocycles. The number of anilines is 1. The minimum absolute atomic E-state index is 0.0493. The van der Waals surface area contributed by atoms with Crippen molar-refractivity contribution in [3.8, 4) is 0 Å². The van der Waals surface area contributed by atoms with Gasteiger partial charge in [-0.1, -0.05) is 0 Å². The Morgan fingerprint density at radius 1 is 1.08 bits per heavy atom. The Hall–Kier alpha value is -1.71. The molecule has 1 atom stereocenters. The molecular formula is C17H27N5O3S. The summed E-state index contributed by atoms with van der Waals surface area (Å²) in [6.07, 6.45) is 0. The van der Waals surface area contributed by atoms with Gasteiger partial charge in [0.15, 0.2) is 5.13 Å². The summed E-state index contributed by atoms with van der Waals surface area (Å²) >= 11 is 1.50.